The van der Waals surface area contributed by atoms with Gasteiger partial charge >= 0.3 is 0 Å². The van der Waals surface area contributed by atoms with Crippen LogP contribution in [-0.2, 0) is 0 Å². The van der Waals surface area contributed by atoms with E-state index < -0.39 is 0 Å². The van der Waals surface area contributed by atoms with Gasteiger partial charge in [-0.05, 0) is 19.9 Å². The van der Waals surface area contributed by atoms with Crippen LogP contribution >= 0.6 is 0 Å². The zero-order valence-corrected chi connectivity index (χ0v) is 7.15. The van der Waals surface area contributed by atoms with Crippen LogP contribution in [0.2, 0.25) is 0 Å². The molecule has 1 aliphatic carbocycles. The highest BCUT2D eigenvalue weighted by atomic mass is 15.0. The largest absolute Gasteiger partial charge is 0.317 e. The summed E-state index contributed by atoms with van der Waals surface area (Å²) in [6.45, 7) is 4.40. The highest BCUT2D eigenvalue weighted by molar-refractivity contribution is 4.89. The Kier molecular flexibility index (Phi) is 2.69. The predicted molar refractivity (Wildman–Crippen MR) is 44.1 cm³/mol. The van der Waals surface area contributed by atoms with Crippen LogP contribution in [0.5, 0.6) is 0 Å². The molecule has 1 aliphatic rings. The molecule has 2 nitrogen and oxygen atoms in total. The molecule has 0 unspecified atom stereocenters. The highest BCUT2D eigenvalue weighted by Crippen LogP contribution is 2.19. The standard InChI is InChI=1S/C8H18N2/c1-6(2)10-8-4-7(5-8)9-3/h6-10H,4-5H2,1-3H3. The molecule has 10 heavy (non-hydrogen) atoms. The van der Waals surface area contributed by atoms with Gasteiger partial charge in [-0.15, -0.1) is 0 Å². The lowest BCUT2D eigenvalue weighted by Gasteiger charge is -2.36. The fourth-order valence-corrected chi connectivity index (χ4v) is 1.46. The second kappa shape index (κ2) is 3.35. The molecular formula is C8H18N2. The van der Waals surface area contributed by atoms with Crippen LogP contribution in [0.4, 0.5) is 0 Å². The molecular weight excluding hydrogens is 124 g/mol. The lowest BCUT2D eigenvalue weighted by Crippen LogP contribution is -2.51. The molecule has 0 aliphatic heterocycles. The van der Waals surface area contributed by atoms with Crippen molar-refractivity contribution < 1.29 is 0 Å². The van der Waals surface area contributed by atoms with Crippen molar-refractivity contribution >= 4 is 0 Å². The number of rotatable bonds is 3. The van der Waals surface area contributed by atoms with Gasteiger partial charge in [0.25, 0.3) is 0 Å². The fraction of sp³-hybridized carbons (Fsp3) is 1.00. The highest BCUT2D eigenvalue weighted by Gasteiger charge is 2.27. The van der Waals surface area contributed by atoms with Gasteiger partial charge in [-0.1, -0.05) is 13.8 Å². The van der Waals surface area contributed by atoms with Crippen molar-refractivity contribution in [2.24, 2.45) is 0 Å². The van der Waals surface area contributed by atoms with E-state index in [9.17, 15) is 0 Å². The van der Waals surface area contributed by atoms with E-state index in [1.807, 2.05) is 7.05 Å². The first kappa shape index (κ1) is 8.02. The van der Waals surface area contributed by atoms with E-state index in [0.717, 1.165) is 12.1 Å². The monoisotopic (exact) mass is 142 g/mol. The topological polar surface area (TPSA) is 24.1 Å². The molecule has 0 spiro atoms. The molecule has 0 aromatic rings. The molecule has 60 valence electrons. The summed E-state index contributed by atoms with van der Waals surface area (Å²) in [6, 6.07) is 2.19. The van der Waals surface area contributed by atoms with Gasteiger partial charge in [0.15, 0.2) is 0 Å². The van der Waals surface area contributed by atoms with E-state index >= 15 is 0 Å². The summed E-state index contributed by atoms with van der Waals surface area (Å²) in [4.78, 5) is 0. The normalized spacial score (nSPS) is 32.4. The Morgan fingerprint density at radius 2 is 1.80 bits per heavy atom. The van der Waals surface area contributed by atoms with Gasteiger partial charge in [-0.2, -0.15) is 0 Å². The van der Waals surface area contributed by atoms with E-state index in [1.54, 1.807) is 0 Å². The van der Waals surface area contributed by atoms with Crippen molar-refractivity contribution in [1.29, 1.82) is 0 Å². The molecule has 1 saturated carbocycles. The van der Waals surface area contributed by atoms with Crippen LogP contribution in [0, 0.1) is 0 Å². The van der Waals surface area contributed by atoms with Gasteiger partial charge in [-0.25, -0.2) is 0 Å². The van der Waals surface area contributed by atoms with Crippen molar-refractivity contribution in [3.05, 3.63) is 0 Å². The summed E-state index contributed by atoms with van der Waals surface area (Å²) in [5.74, 6) is 0. The van der Waals surface area contributed by atoms with Crippen LogP contribution in [0.25, 0.3) is 0 Å². The maximum Gasteiger partial charge on any atom is 0.00990 e. The van der Waals surface area contributed by atoms with Crippen molar-refractivity contribution in [2.75, 3.05) is 7.05 Å². The van der Waals surface area contributed by atoms with Gasteiger partial charge in [-0.3, -0.25) is 0 Å². The van der Waals surface area contributed by atoms with Crippen molar-refractivity contribution in [1.82, 2.24) is 10.6 Å². The second-order valence-electron chi connectivity index (χ2n) is 3.48. The molecule has 0 atom stereocenters. The van der Waals surface area contributed by atoms with Gasteiger partial charge in [0.2, 0.25) is 0 Å². The van der Waals surface area contributed by atoms with Crippen molar-refractivity contribution in [3.8, 4) is 0 Å². The Morgan fingerprint density at radius 1 is 1.20 bits per heavy atom. The van der Waals surface area contributed by atoms with Crippen molar-refractivity contribution in [3.63, 3.8) is 0 Å². The maximum absolute atomic E-state index is 3.50. The van der Waals surface area contributed by atoms with Crippen LogP contribution in [-0.4, -0.2) is 25.2 Å². The first-order valence-corrected chi connectivity index (χ1v) is 4.15. The van der Waals surface area contributed by atoms with Gasteiger partial charge in [0.05, 0.1) is 0 Å². The van der Waals surface area contributed by atoms with Gasteiger partial charge in [0.1, 0.15) is 0 Å². The molecule has 2 N–H and O–H groups in total. The van der Waals surface area contributed by atoms with Gasteiger partial charge < -0.3 is 10.6 Å². The van der Waals surface area contributed by atoms with E-state index in [-0.39, 0.29) is 0 Å². The fourth-order valence-electron chi connectivity index (χ4n) is 1.46. The lowest BCUT2D eigenvalue weighted by molar-refractivity contribution is 0.247. The summed E-state index contributed by atoms with van der Waals surface area (Å²) in [5, 5.41) is 6.77. The Balaban J connectivity index is 2.03. The van der Waals surface area contributed by atoms with Crippen molar-refractivity contribution in [2.45, 2.75) is 44.8 Å². The van der Waals surface area contributed by atoms with Gasteiger partial charge in [0, 0.05) is 18.1 Å². The quantitative estimate of drug-likeness (QED) is 0.607. The zero-order chi connectivity index (χ0) is 7.56. The van der Waals surface area contributed by atoms with Crippen LogP contribution in [0.15, 0.2) is 0 Å². The summed E-state index contributed by atoms with van der Waals surface area (Å²) in [6.07, 6.45) is 2.60. The average Bonchev–Trinajstić information content (AvgIpc) is 1.76. The second-order valence-corrected chi connectivity index (χ2v) is 3.48. The molecule has 2 heteroatoms. The first-order valence-electron chi connectivity index (χ1n) is 4.15. The minimum atomic E-state index is 0.641. The molecule has 1 fully saturated rings. The Bertz CT molecular complexity index is 95.4. The lowest BCUT2D eigenvalue weighted by atomic mass is 9.86. The molecule has 1 rings (SSSR count). The third-order valence-electron chi connectivity index (χ3n) is 2.12. The molecule has 0 bridgehead atoms. The van der Waals surface area contributed by atoms with E-state index in [1.165, 1.54) is 12.8 Å². The summed E-state index contributed by atoms with van der Waals surface area (Å²) in [7, 11) is 2.04. The average molecular weight is 142 g/mol. The number of hydrogen-bond donors (Lipinski definition) is 2. The predicted octanol–water partition coefficient (Wildman–Crippen LogP) is 0.735. The minimum absolute atomic E-state index is 0.641. The molecule has 0 aromatic heterocycles. The third-order valence-corrected chi connectivity index (χ3v) is 2.12. The summed E-state index contributed by atoms with van der Waals surface area (Å²) < 4.78 is 0. The zero-order valence-electron chi connectivity index (χ0n) is 7.15. The number of hydrogen-bond acceptors (Lipinski definition) is 2. The van der Waals surface area contributed by atoms with Crippen LogP contribution in [0.1, 0.15) is 26.7 Å². The SMILES string of the molecule is CNC1CC(NC(C)C)C1. The Hall–Kier alpha value is -0.0800. The van der Waals surface area contributed by atoms with Crippen LogP contribution in [0.3, 0.4) is 0 Å². The van der Waals surface area contributed by atoms with Crippen LogP contribution < -0.4 is 10.6 Å². The Morgan fingerprint density at radius 3 is 2.20 bits per heavy atom. The molecule has 0 amide bonds. The molecule has 0 aromatic carbocycles. The third kappa shape index (κ3) is 1.96. The Labute approximate surface area is 63.4 Å². The van der Waals surface area contributed by atoms with E-state index in [4.69, 9.17) is 0 Å². The summed E-state index contributed by atoms with van der Waals surface area (Å²) >= 11 is 0. The molecule has 0 radical (unpaired) electrons. The minimum Gasteiger partial charge on any atom is -0.317 e. The smallest absolute Gasteiger partial charge is 0.00990 e. The van der Waals surface area contributed by atoms with E-state index in [2.05, 4.69) is 24.5 Å². The maximum atomic E-state index is 3.50. The molecule has 0 saturated heterocycles. The summed E-state index contributed by atoms with van der Waals surface area (Å²) in [5.41, 5.74) is 0. The van der Waals surface area contributed by atoms with E-state index in [0.29, 0.717) is 6.04 Å². The number of nitrogens with one attached hydrogen (secondary N) is 2. The first-order chi connectivity index (χ1) is 4.72. The molecule has 0 heterocycles.